The zero-order chi connectivity index (χ0) is 14.8. The number of rotatable bonds is 2. The molecule has 0 bridgehead atoms. The summed E-state index contributed by atoms with van der Waals surface area (Å²) in [6.07, 6.45) is 1.49. The third kappa shape index (κ3) is 3.50. The van der Waals surface area contributed by atoms with Crippen molar-refractivity contribution in [2.75, 3.05) is 5.73 Å². The number of carbonyl (C=O) groups excluding carboxylic acids is 1. The van der Waals surface area contributed by atoms with Crippen molar-refractivity contribution in [1.82, 2.24) is 15.2 Å². The smallest absolute Gasteiger partial charge is 0.338 e. The van der Waals surface area contributed by atoms with Gasteiger partial charge in [-0.25, -0.2) is 9.78 Å². The average Bonchev–Trinajstić information content (AvgIpc) is 2.37. The van der Waals surface area contributed by atoms with Crippen LogP contribution < -0.4 is 5.73 Å². The Morgan fingerprint density at radius 3 is 2.70 bits per heavy atom. The van der Waals surface area contributed by atoms with Gasteiger partial charge in [0, 0.05) is 5.56 Å². The van der Waals surface area contributed by atoms with Crippen LogP contribution in [0.4, 0.5) is 5.95 Å². The van der Waals surface area contributed by atoms with Gasteiger partial charge in [0.2, 0.25) is 5.95 Å². The van der Waals surface area contributed by atoms with Crippen LogP contribution in [0.2, 0.25) is 0 Å². The fraction of sp³-hybridized carbons (Fsp3) is 0.286. The molecule has 2 aromatic rings. The van der Waals surface area contributed by atoms with Gasteiger partial charge in [-0.2, -0.15) is 5.10 Å². The first-order valence-corrected chi connectivity index (χ1v) is 6.14. The highest BCUT2D eigenvalue weighted by Crippen LogP contribution is 2.19. The van der Waals surface area contributed by atoms with E-state index in [1.54, 1.807) is 18.2 Å². The Morgan fingerprint density at radius 2 is 2.05 bits per heavy atom. The molecule has 0 aliphatic carbocycles. The van der Waals surface area contributed by atoms with Crippen molar-refractivity contribution in [3.05, 3.63) is 36.0 Å². The second kappa shape index (κ2) is 5.24. The molecule has 0 unspecified atom stereocenters. The first kappa shape index (κ1) is 13.9. The van der Waals surface area contributed by atoms with Crippen molar-refractivity contribution in [2.24, 2.45) is 0 Å². The van der Waals surface area contributed by atoms with Gasteiger partial charge in [0.1, 0.15) is 5.60 Å². The van der Waals surface area contributed by atoms with Gasteiger partial charge in [0.05, 0.1) is 17.5 Å². The van der Waals surface area contributed by atoms with E-state index in [9.17, 15) is 4.79 Å². The largest absolute Gasteiger partial charge is 0.456 e. The van der Waals surface area contributed by atoms with Crippen molar-refractivity contribution >= 4 is 11.9 Å². The number of nitrogen functional groups attached to an aromatic ring is 1. The number of ether oxygens (including phenoxy) is 1. The number of aromatic nitrogens is 3. The zero-order valence-corrected chi connectivity index (χ0v) is 11.6. The minimum Gasteiger partial charge on any atom is -0.456 e. The van der Waals surface area contributed by atoms with Gasteiger partial charge in [-0.1, -0.05) is 12.1 Å². The maximum Gasteiger partial charge on any atom is 0.338 e. The Morgan fingerprint density at radius 1 is 1.30 bits per heavy atom. The molecule has 1 heterocycles. The molecule has 0 radical (unpaired) electrons. The normalized spacial score (nSPS) is 11.2. The van der Waals surface area contributed by atoms with Crippen molar-refractivity contribution in [2.45, 2.75) is 26.4 Å². The quantitative estimate of drug-likeness (QED) is 0.841. The number of hydrogen-bond donors (Lipinski definition) is 1. The molecule has 2 rings (SSSR count). The molecule has 6 nitrogen and oxygen atoms in total. The lowest BCUT2D eigenvalue weighted by molar-refractivity contribution is 0.00696. The molecule has 0 saturated carbocycles. The van der Waals surface area contributed by atoms with Gasteiger partial charge in [0.15, 0.2) is 0 Å². The minimum absolute atomic E-state index is 0.0881. The molecular formula is C14H16N4O2. The standard InChI is InChI=1S/C14H16N4O2/c1-14(2,3)20-12(19)10-6-4-5-9(7-10)11-8-16-18-13(15)17-11/h4-8H,1-3H3,(H2,15,17,18). The summed E-state index contributed by atoms with van der Waals surface area (Å²) >= 11 is 0. The summed E-state index contributed by atoms with van der Waals surface area (Å²) in [5.74, 6) is -0.292. The highest BCUT2D eigenvalue weighted by Gasteiger charge is 2.18. The zero-order valence-electron chi connectivity index (χ0n) is 11.6. The van der Waals surface area contributed by atoms with E-state index in [0.717, 1.165) is 5.56 Å². The predicted molar refractivity (Wildman–Crippen MR) is 74.8 cm³/mol. The minimum atomic E-state index is -0.534. The fourth-order valence-electron chi connectivity index (χ4n) is 1.60. The van der Waals surface area contributed by atoms with E-state index in [2.05, 4.69) is 15.2 Å². The van der Waals surface area contributed by atoms with Crippen molar-refractivity contribution in [3.8, 4) is 11.3 Å². The summed E-state index contributed by atoms with van der Waals surface area (Å²) in [4.78, 5) is 16.1. The summed E-state index contributed by atoms with van der Waals surface area (Å²) in [5, 5.41) is 7.34. The number of benzene rings is 1. The summed E-state index contributed by atoms with van der Waals surface area (Å²) in [6, 6.07) is 6.96. The molecule has 0 aliphatic heterocycles. The summed E-state index contributed by atoms with van der Waals surface area (Å²) in [5.41, 5.74) is 6.71. The molecule has 0 aliphatic rings. The van der Waals surface area contributed by atoms with Gasteiger partial charge in [0.25, 0.3) is 0 Å². The summed E-state index contributed by atoms with van der Waals surface area (Å²) < 4.78 is 5.33. The highest BCUT2D eigenvalue weighted by atomic mass is 16.6. The highest BCUT2D eigenvalue weighted by molar-refractivity contribution is 5.91. The Hall–Kier alpha value is -2.50. The Balaban J connectivity index is 2.31. The molecule has 0 atom stereocenters. The lowest BCUT2D eigenvalue weighted by Gasteiger charge is -2.19. The molecule has 0 fully saturated rings. The van der Waals surface area contributed by atoms with Crippen LogP contribution in [0.25, 0.3) is 11.3 Å². The molecule has 104 valence electrons. The lowest BCUT2D eigenvalue weighted by Crippen LogP contribution is -2.23. The third-order valence-corrected chi connectivity index (χ3v) is 2.37. The van der Waals surface area contributed by atoms with Crippen molar-refractivity contribution < 1.29 is 9.53 Å². The van der Waals surface area contributed by atoms with Crippen LogP contribution in [0.3, 0.4) is 0 Å². The number of hydrogen-bond acceptors (Lipinski definition) is 6. The van der Waals surface area contributed by atoms with E-state index in [-0.39, 0.29) is 11.9 Å². The number of esters is 1. The molecule has 6 heteroatoms. The van der Waals surface area contributed by atoms with Gasteiger partial charge in [-0.05, 0) is 32.9 Å². The first-order chi connectivity index (χ1) is 9.35. The van der Waals surface area contributed by atoms with E-state index in [1.165, 1.54) is 6.20 Å². The molecule has 1 aromatic heterocycles. The van der Waals surface area contributed by atoms with E-state index in [1.807, 2.05) is 26.8 Å². The van der Waals surface area contributed by atoms with Gasteiger partial charge in [-0.3, -0.25) is 0 Å². The third-order valence-electron chi connectivity index (χ3n) is 2.37. The monoisotopic (exact) mass is 272 g/mol. The average molecular weight is 272 g/mol. The van der Waals surface area contributed by atoms with E-state index >= 15 is 0 Å². The number of anilines is 1. The van der Waals surface area contributed by atoms with Crippen molar-refractivity contribution in [3.63, 3.8) is 0 Å². The Kier molecular flexibility index (Phi) is 3.65. The number of carbonyl (C=O) groups is 1. The van der Waals surface area contributed by atoms with Crippen LogP contribution in [0.15, 0.2) is 30.5 Å². The number of nitrogens with zero attached hydrogens (tertiary/aromatic N) is 3. The lowest BCUT2D eigenvalue weighted by atomic mass is 10.1. The maximum atomic E-state index is 12.0. The van der Waals surface area contributed by atoms with Gasteiger partial charge < -0.3 is 10.5 Å². The Labute approximate surface area is 117 Å². The molecule has 0 spiro atoms. The second-order valence-electron chi connectivity index (χ2n) is 5.28. The van der Waals surface area contributed by atoms with Crippen LogP contribution in [0, 0.1) is 0 Å². The fourth-order valence-corrected chi connectivity index (χ4v) is 1.60. The van der Waals surface area contributed by atoms with E-state index in [4.69, 9.17) is 10.5 Å². The van der Waals surface area contributed by atoms with E-state index < -0.39 is 5.60 Å². The maximum absolute atomic E-state index is 12.0. The summed E-state index contributed by atoms with van der Waals surface area (Å²) in [6.45, 7) is 5.47. The molecule has 0 amide bonds. The number of nitrogens with two attached hydrogens (primary N) is 1. The summed E-state index contributed by atoms with van der Waals surface area (Å²) in [7, 11) is 0. The predicted octanol–water partition coefficient (Wildman–Crippen LogP) is 2.08. The second-order valence-corrected chi connectivity index (χ2v) is 5.28. The van der Waals surface area contributed by atoms with Crippen molar-refractivity contribution in [1.29, 1.82) is 0 Å². The van der Waals surface area contributed by atoms with Crippen LogP contribution in [0.1, 0.15) is 31.1 Å². The van der Waals surface area contributed by atoms with Gasteiger partial charge in [-0.15, -0.1) is 5.10 Å². The molecular weight excluding hydrogens is 256 g/mol. The molecule has 20 heavy (non-hydrogen) atoms. The van der Waals surface area contributed by atoms with Crippen LogP contribution in [0.5, 0.6) is 0 Å². The van der Waals surface area contributed by atoms with Crippen LogP contribution in [-0.4, -0.2) is 26.8 Å². The van der Waals surface area contributed by atoms with Crippen LogP contribution >= 0.6 is 0 Å². The molecule has 0 saturated heterocycles. The first-order valence-electron chi connectivity index (χ1n) is 6.14. The van der Waals surface area contributed by atoms with E-state index in [0.29, 0.717) is 11.3 Å². The SMILES string of the molecule is CC(C)(C)OC(=O)c1cccc(-c2cnnc(N)n2)c1. The van der Waals surface area contributed by atoms with Gasteiger partial charge >= 0.3 is 5.97 Å². The molecule has 2 N–H and O–H groups in total. The Bertz CT molecular complexity index is 635. The van der Waals surface area contributed by atoms with Crippen LogP contribution in [-0.2, 0) is 4.74 Å². The topological polar surface area (TPSA) is 91.0 Å². The molecule has 1 aromatic carbocycles.